The molecule has 1 N–H and O–H groups in total. The number of hydrogen-bond acceptors (Lipinski definition) is 3. The van der Waals surface area contributed by atoms with Gasteiger partial charge >= 0.3 is 5.97 Å². The molecule has 0 amide bonds. The monoisotopic (exact) mass is 349 g/mol. The van der Waals surface area contributed by atoms with Crippen LogP contribution >= 0.6 is 7.92 Å². The molecule has 25 heavy (non-hydrogen) atoms. The summed E-state index contributed by atoms with van der Waals surface area (Å²) in [6.07, 6.45) is 8.19. The molecule has 2 aromatic rings. The van der Waals surface area contributed by atoms with Gasteiger partial charge in [0.1, 0.15) is 6.54 Å². The average molecular weight is 349 g/mol. The van der Waals surface area contributed by atoms with Crippen molar-refractivity contribution in [1.29, 1.82) is 0 Å². The first-order valence-electron chi connectivity index (χ1n) is 8.09. The number of methoxy groups -OCH3 is 1. The molecular formula is C21H20NO2P. The molecule has 0 bridgehead atoms. The van der Waals surface area contributed by atoms with Gasteiger partial charge in [-0.25, -0.2) is 0 Å². The number of nitrogens with one attached hydrogen (secondary N) is 1. The van der Waals surface area contributed by atoms with E-state index in [4.69, 9.17) is 0 Å². The molecule has 0 unspecified atom stereocenters. The van der Waals surface area contributed by atoms with E-state index in [1.54, 1.807) is 0 Å². The Morgan fingerprint density at radius 2 is 1.64 bits per heavy atom. The topological polar surface area (TPSA) is 38.3 Å². The second-order valence-corrected chi connectivity index (χ2v) is 7.66. The van der Waals surface area contributed by atoms with E-state index >= 15 is 0 Å². The van der Waals surface area contributed by atoms with Crippen molar-refractivity contribution in [3.05, 3.63) is 96.0 Å². The largest absolute Gasteiger partial charge is 0.468 e. The third kappa shape index (κ3) is 4.26. The van der Waals surface area contributed by atoms with Crippen LogP contribution in [-0.4, -0.2) is 19.6 Å². The summed E-state index contributed by atoms with van der Waals surface area (Å²) < 4.78 is 4.67. The van der Waals surface area contributed by atoms with Crippen molar-refractivity contribution in [3.8, 4) is 0 Å². The molecule has 126 valence electrons. The van der Waals surface area contributed by atoms with Gasteiger partial charge < -0.3 is 10.1 Å². The molecule has 0 heterocycles. The molecular weight excluding hydrogens is 329 g/mol. The lowest BCUT2D eigenvalue weighted by atomic mass is 10.3. The van der Waals surface area contributed by atoms with E-state index in [1.807, 2.05) is 18.3 Å². The van der Waals surface area contributed by atoms with Crippen LogP contribution in [0.5, 0.6) is 0 Å². The van der Waals surface area contributed by atoms with Crippen molar-refractivity contribution in [2.75, 3.05) is 13.7 Å². The van der Waals surface area contributed by atoms with Gasteiger partial charge in [-0.2, -0.15) is 0 Å². The normalized spacial score (nSPS) is 14.6. The smallest absolute Gasteiger partial charge is 0.325 e. The maximum Gasteiger partial charge on any atom is 0.325 e. The minimum atomic E-state index is -0.653. The number of rotatable bonds is 6. The summed E-state index contributed by atoms with van der Waals surface area (Å²) >= 11 is 0. The van der Waals surface area contributed by atoms with E-state index in [9.17, 15) is 4.79 Å². The lowest BCUT2D eigenvalue weighted by molar-refractivity contribution is -0.139. The Bertz CT molecular complexity index is 771. The number of hydrogen-bond donors (Lipinski definition) is 1. The standard InChI is InChI=1S/C21H20NO2P/c1-24-21(23)16-22-15-17-9-8-14-20(17)25(18-10-4-2-5-11-18)19-12-6-3-7-13-19/h2-15,22H,16H2,1H3/b17-15-. The molecule has 3 rings (SSSR count). The Kier molecular flexibility index (Phi) is 5.81. The summed E-state index contributed by atoms with van der Waals surface area (Å²) in [6.45, 7) is 0.162. The van der Waals surface area contributed by atoms with Gasteiger partial charge in [0.15, 0.2) is 0 Å². The predicted molar refractivity (Wildman–Crippen MR) is 104 cm³/mol. The van der Waals surface area contributed by atoms with Gasteiger partial charge in [-0.05, 0) is 29.4 Å². The summed E-state index contributed by atoms with van der Waals surface area (Å²) in [7, 11) is 0.738. The molecule has 1 aliphatic carbocycles. The molecule has 0 atom stereocenters. The van der Waals surface area contributed by atoms with Gasteiger partial charge in [0.25, 0.3) is 0 Å². The highest BCUT2D eigenvalue weighted by Crippen LogP contribution is 2.48. The van der Waals surface area contributed by atoms with Crippen LogP contribution in [0.15, 0.2) is 96.0 Å². The lowest BCUT2D eigenvalue weighted by Crippen LogP contribution is -2.20. The Morgan fingerprint density at radius 1 is 1.04 bits per heavy atom. The van der Waals surface area contributed by atoms with Gasteiger partial charge in [0.05, 0.1) is 7.11 Å². The molecule has 0 fully saturated rings. The first kappa shape index (κ1) is 17.2. The van der Waals surface area contributed by atoms with Crippen LogP contribution in [0.3, 0.4) is 0 Å². The molecule has 0 radical (unpaired) electrons. The highest BCUT2D eigenvalue weighted by Gasteiger charge is 2.22. The minimum absolute atomic E-state index is 0.162. The molecule has 0 saturated heterocycles. The zero-order chi connectivity index (χ0) is 17.5. The average Bonchev–Trinajstić information content (AvgIpc) is 3.12. The van der Waals surface area contributed by atoms with Gasteiger partial charge in [0.2, 0.25) is 0 Å². The van der Waals surface area contributed by atoms with Crippen molar-refractivity contribution in [2.45, 2.75) is 0 Å². The van der Waals surface area contributed by atoms with E-state index in [2.05, 4.69) is 76.8 Å². The molecule has 0 saturated carbocycles. The summed E-state index contributed by atoms with van der Waals surface area (Å²) in [5.41, 5.74) is 1.10. The fourth-order valence-corrected chi connectivity index (χ4v) is 5.08. The fraction of sp³-hybridized carbons (Fsp3) is 0.0952. The Balaban J connectivity index is 1.91. The van der Waals surface area contributed by atoms with Gasteiger partial charge in [-0.15, -0.1) is 0 Å². The van der Waals surface area contributed by atoms with E-state index < -0.39 is 7.92 Å². The predicted octanol–water partition coefficient (Wildman–Crippen LogP) is 3.22. The van der Waals surface area contributed by atoms with E-state index in [0.717, 1.165) is 5.57 Å². The molecule has 0 spiro atoms. The molecule has 4 heteroatoms. The Hall–Kier alpha value is -2.64. The van der Waals surface area contributed by atoms with Crippen molar-refractivity contribution in [3.63, 3.8) is 0 Å². The fourth-order valence-electron chi connectivity index (χ4n) is 2.65. The van der Waals surface area contributed by atoms with Crippen LogP contribution in [0.4, 0.5) is 0 Å². The first-order valence-corrected chi connectivity index (χ1v) is 9.43. The van der Waals surface area contributed by atoms with Crippen LogP contribution in [0.25, 0.3) is 0 Å². The maximum absolute atomic E-state index is 11.3. The number of carbonyl (C=O) groups excluding carboxylic acids is 1. The number of ether oxygens (including phenoxy) is 1. The van der Waals surface area contributed by atoms with Gasteiger partial charge in [-0.1, -0.05) is 78.9 Å². The van der Waals surface area contributed by atoms with Crippen LogP contribution in [0.1, 0.15) is 0 Å². The highest BCUT2D eigenvalue weighted by molar-refractivity contribution is 7.77. The van der Waals surface area contributed by atoms with Crippen molar-refractivity contribution in [1.82, 2.24) is 5.32 Å². The second-order valence-electron chi connectivity index (χ2n) is 5.47. The van der Waals surface area contributed by atoms with Gasteiger partial charge in [0, 0.05) is 6.20 Å². The zero-order valence-electron chi connectivity index (χ0n) is 14.1. The Labute approximate surface area is 149 Å². The molecule has 0 aromatic heterocycles. The van der Waals surface area contributed by atoms with Crippen molar-refractivity contribution in [2.24, 2.45) is 0 Å². The van der Waals surface area contributed by atoms with E-state index in [0.29, 0.717) is 0 Å². The van der Waals surface area contributed by atoms with E-state index in [1.165, 1.54) is 23.0 Å². The molecule has 2 aromatic carbocycles. The van der Waals surface area contributed by atoms with Gasteiger partial charge in [-0.3, -0.25) is 4.79 Å². The minimum Gasteiger partial charge on any atom is -0.468 e. The number of carbonyl (C=O) groups is 1. The number of benzene rings is 2. The summed E-state index contributed by atoms with van der Waals surface area (Å²) in [6, 6.07) is 21.1. The third-order valence-corrected chi connectivity index (χ3v) is 6.35. The SMILES string of the molecule is COC(=O)CN/C=C1/C=CC=C1P(c1ccccc1)c1ccccc1. The van der Waals surface area contributed by atoms with Crippen molar-refractivity contribution >= 4 is 24.5 Å². The number of esters is 1. The van der Waals surface area contributed by atoms with Crippen LogP contribution in [0.2, 0.25) is 0 Å². The summed E-state index contributed by atoms with van der Waals surface area (Å²) in [4.78, 5) is 11.3. The zero-order valence-corrected chi connectivity index (χ0v) is 14.9. The summed E-state index contributed by atoms with van der Waals surface area (Å²) in [5, 5.41) is 6.92. The maximum atomic E-state index is 11.3. The lowest BCUT2D eigenvalue weighted by Gasteiger charge is -2.21. The van der Waals surface area contributed by atoms with E-state index in [-0.39, 0.29) is 12.5 Å². The first-order chi connectivity index (χ1) is 12.3. The van der Waals surface area contributed by atoms with Crippen LogP contribution in [0, 0.1) is 0 Å². The second kappa shape index (κ2) is 8.46. The highest BCUT2D eigenvalue weighted by atomic mass is 31.1. The van der Waals surface area contributed by atoms with Crippen molar-refractivity contribution < 1.29 is 9.53 Å². The van der Waals surface area contributed by atoms with Crippen LogP contribution in [-0.2, 0) is 9.53 Å². The molecule has 0 aliphatic heterocycles. The molecule has 3 nitrogen and oxygen atoms in total. The molecule has 1 aliphatic rings. The Morgan fingerprint density at radius 3 is 2.20 bits per heavy atom. The quantitative estimate of drug-likeness (QED) is 0.643. The third-order valence-electron chi connectivity index (χ3n) is 3.83. The van der Waals surface area contributed by atoms with Crippen LogP contribution < -0.4 is 15.9 Å². The number of allylic oxidation sites excluding steroid dienone is 5. The summed E-state index contributed by atoms with van der Waals surface area (Å²) in [5.74, 6) is -0.280.